The second-order valence-corrected chi connectivity index (χ2v) is 8.41. The number of rotatable bonds is 8. The van der Waals surface area contributed by atoms with E-state index in [0.717, 1.165) is 24.8 Å². The van der Waals surface area contributed by atoms with Gasteiger partial charge < -0.3 is 23.7 Å². The maximum Gasteiger partial charge on any atom is 0.164 e. The van der Waals surface area contributed by atoms with Crippen LogP contribution in [0.1, 0.15) is 59.4 Å². The van der Waals surface area contributed by atoms with Crippen LogP contribution in [-0.4, -0.2) is 42.6 Å². The first-order chi connectivity index (χ1) is 12.8. The van der Waals surface area contributed by atoms with Gasteiger partial charge in [0.1, 0.15) is 18.3 Å². The second kappa shape index (κ2) is 8.58. The lowest BCUT2D eigenvalue weighted by atomic mass is 9.99. The molecule has 1 aromatic carbocycles. The number of benzene rings is 1. The molecule has 0 radical (unpaired) electrons. The largest absolute Gasteiger partial charge is 0.371 e. The third kappa shape index (κ3) is 5.52. The highest BCUT2D eigenvalue weighted by Crippen LogP contribution is 2.38. The van der Waals surface area contributed by atoms with Crippen LogP contribution in [0.15, 0.2) is 30.3 Å². The lowest BCUT2D eigenvalue weighted by Gasteiger charge is -2.29. The summed E-state index contributed by atoms with van der Waals surface area (Å²) >= 11 is 0. The van der Waals surface area contributed by atoms with Crippen LogP contribution >= 0.6 is 0 Å². The molecule has 152 valence electrons. The van der Waals surface area contributed by atoms with Gasteiger partial charge >= 0.3 is 0 Å². The molecule has 0 unspecified atom stereocenters. The zero-order valence-corrected chi connectivity index (χ0v) is 17.3. The Hall–Kier alpha value is -0.980. The SMILES string of the molecule is CCCC[C@H](OCc1ccccc1)[C@H]1OC(C)(C)O[C@@H]1[C@H]1COC(C)(C)O1. The summed E-state index contributed by atoms with van der Waals surface area (Å²) in [5.41, 5.74) is 1.16. The third-order valence-electron chi connectivity index (χ3n) is 5.08. The minimum Gasteiger partial charge on any atom is -0.371 e. The maximum absolute atomic E-state index is 6.35. The molecule has 4 atom stereocenters. The van der Waals surface area contributed by atoms with Gasteiger partial charge in [-0.05, 0) is 39.7 Å². The van der Waals surface area contributed by atoms with Gasteiger partial charge in [-0.1, -0.05) is 50.1 Å². The van der Waals surface area contributed by atoms with Gasteiger partial charge in [0.05, 0.1) is 19.3 Å². The smallest absolute Gasteiger partial charge is 0.164 e. The highest BCUT2D eigenvalue weighted by molar-refractivity contribution is 5.13. The van der Waals surface area contributed by atoms with Crippen LogP contribution in [0.2, 0.25) is 0 Å². The standard InChI is InChI=1S/C22H34O5/c1-6-7-13-17(23-14-16-11-9-8-10-12-16)19-20(27-22(4,5)26-19)18-15-24-21(2,3)25-18/h8-12,17-20H,6-7,13-15H2,1-5H3/t17-,18+,19+,20+/m0/s1. The van der Waals surface area contributed by atoms with Crippen molar-refractivity contribution in [2.45, 2.75) is 96.5 Å². The van der Waals surface area contributed by atoms with E-state index in [2.05, 4.69) is 19.1 Å². The van der Waals surface area contributed by atoms with Gasteiger partial charge in [-0.15, -0.1) is 0 Å². The van der Waals surface area contributed by atoms with Crippen LogP contribution in [0.3, 0.4) is 0 Å². The monoisotopic (exact) mass is 378 g/mol. The first kappa shape index (κ1) is 20.7. The molecule has 2 saturated heterocycles. The average molecular weight is 379 g/mol. The molecule has 5 heteroatoms. The molecule has 2 fully saturated rings. The van der Waals surface area contributed by atoms with Crippen molar-refractivity contribution in [1.82, 2.24) is 0 Å². The lowest BCUT2D eigenvalue weighted by molar-refractivity contribution is -0.175. The summed E-state index contributed by atoms with van der Waals surface area (Å²) in [5, 5.41) is 0. The van der Waals surface area contributed by atoms with Crippen LogP contribution in [0.4, 0.5) is 0 Å². The molecule has 27 heavy (non-hydrogen) atoms. The maximum atomic E-state index is 6.35. The van der Waals surface area contributed by atoms with E-state index < -0.39 is 11.6 Å². The normalized spacial score (nSPS) is 30.5. The van der Waals surface area contributed by atoms with Crippen molar-refractivity contribution in [2.75, 3.05) is 6.61 Å². The molecule has 0 spiro atoms. The summed E-state index contributed by atoms with van der Waals surface area (Å²) in [6.07, 6.45) is 2.53. The van der Waals surface area contributed by atoms with E-state index in [0.29, 0.717) is 13.2 Å². The Labute approximate surface area is 163 Å². The van der Waals surface area contributed by atoms with Crippen molar-refractivity contribution < 1.29 is 23.7 Å². The topological polar surface area (TPSA) is 46.2 Å². The summed E-state index contributed by atoms with van der Waals surface area (Å²) in [5.74, 6) is -1.25. The van der Waals surface area contributed by atoms with E-state index >= 15 is 0 Å². The van der Waals surface area contributed by atoms with Crippen molar-refractivity contribution in [1.29, 1.82) is 0 Å². The molecule has 0 amide bonds. The zero-order valence-electron chi connectivity index (χ0n) is 17.3. The molecule has 0 saturated carbocycles. The molecule has 2 aliphatic heterocycles. The van der Waals surface area contributed by atoms with E-state index in [1.54, 1.807) is 0 Å². The molecular formula is C22H34O5. The Morgan fingerprint density at radius 2 is 1.78 bits per heavy atom. The van der Waals surface area contributed by atoms with E-state index in [-0.39, 0.29) is 24.4 Å². The number of ether oxygens (including phenoxy) is 5. The predicted octanol–water partition coefficient (Wildman–Crippen LogP) is 4.43. The fourth-order valence-corrected chi connectivity index (χ4v) is 3.79. The Morgan fingerprint density at radius 3 is 2.41 bits per heavy atom. The van der Waals surface area contributed by atoms with Gasteiger partial charge in [-0.2, -0.15) is 0 Å². The molecule has 2 aliphatic rings. The van der Waals surface area contributed by atoms with E-state index in [1.165, 1.54) is 0 Å². The van der Waals surface area contributed by atoms with Crippen LogP contribution < -0.4 is 0 Å². The highest BCUT2D eigenvalue weighted by atomic mass is 16.8. The molecule has 0 N–H and O–H groups in total. The van der Waals surface area contributed by atoms with E-state index in [9.17, 15) is 0 Å². The minimum absolute atomic E-state index is 0.0516. The fraction of sp³-hybridized carbons (Fsp3) is 0.727. The summed E-state index contributed by atoms with van der Waals surface area (Å²) in [6.45, 7) is 11.0. The van der Waals surface area contributed by atoms with Gasteiger partial charge in [0.25, 0.3) is 0 Å². The Morgan fingerprint density at radius 1 is 1.04 bits per heavy atom. The van der Waals surface area contributed by atoms with E-state index in [4.69, 9.17) is 23.7 Å². The Bertz CT molecular complexity index is 586. The predicted molar refractivity (Wildman–Crippen MR) is 103 cm³/mol. The summed E-state index contributed by atoms with van der Waals surface area (Å²) in [4.78, 5) is 0. The van der Waals surface area contributed by atoms with Crippen LogP contribution in [0, 0.1) is 0 Å². The van der Waals surface area contributed by atoms with Crippen LogP contribution in [0.5, 0.6) is 0 Å². The zero-order chi connectivity index (χ0) is 19.5. The molecule has 1 aromatic rings. The Balaban J connectivity index is 1.73. The van der Waals surface area contributed by atoms with Gasteiger partial charge in [0, 0.05) is 0 Å². The quantitative estimate of drug-likeness (QED) is 0.669. The van der Waals surface area contributed by atoms with Gasteiger partial charge in [0.2, 0.25) is 0 Å². The van der Waals surface area contributed by atoms with Gasteiger partial charge in [-0.25, -0.2) is 0 Å². The number of unbranched alkanes of at least 4 members (excludes halogenated alkanes) is 1. The number of hydrogen-bond donors (Lipinski definition) is 0. The number of hydrogen-bond acceptors (Lipinski definition) is 5. The van der Waals surface area contributed by atoms with Gasteiger partial charge in [-0.3, -0.25) is 0 Å². The fourth-order valence-electron chi connectivity index (χ4n) is 3.79. The van der Waals surface area contributed by atoms with Crippen LogP contribution in [-0.2, 0) is 30.3 Å². The highest BCUT2D eigenvalue weighted by Gasteiger charge is 2.52. The molecule has 0 aliphatic carbocycles. The summed E-state index contributed by atoms with van der Waals surface area (Å²) in [7, 11) is 0. The molecule has 2 heterocycles. The van der Waals surface area contributed by atoms with Crippen LogP contribution in [0.25, 0.3) is 0 Å². The molecule has 5 nitrogen and oxygen atoms in total. The molecule has 0 bridgehead atoms. The molecular weight excluding hydrogens is 344 g/mol. The van der Waals surface area contributed by atoms with Crippen molar-refractivity contribution >= 4 is 0 Å². The van der Waals surface area contributed by atoms with E-state index in [1.807, 2.05) is 45.9 Å². The summed E-state index contributed by atoms with van der Waals surface area (Å²) < 4.78 is 30.8. The second-order valence-electron chi connectivity index (χ2n) is 8.41. The van der Waals surface area contributed by atoms with Crippen molar-refractivity contribution in [2.24, 2.45) is 0 Å². The lowest BCUT2D eigenvalue weighted by Crippen LogP contribution is -2.45. The Kier molecular flexibility index (Phi) is 6.59. The first-order valence-corrected chi connectivity index (χ1v) is 10.1. The van der Waals surface area contributed by atoms with Crippen molar-refractivity contribution in [3.05, 3.63) is 35.9 Å². The van der Waals surface area contributed by atoms with Crippen molar-refractivity contribution in [3.63, 3.8) is 0 Å². The van der Waals surface area contributed by atoms with Gasteiger partial charge in [0.15, 0.2) is 11.6 Å². The summed E-state index contributed by atoms with van der Waals surface area (Å²) in [6, 6.07) is 10.3. The first-order valence-electron chi connectivity index (χ1n) is 10.1. The minimum atomic E-state index is -0.661. The average Bonchev–Trinajstić information content (AvgIpc) is 3.14. The third-order valence-corrected chi connectivity index (χ3v) is 5.08. The molecule has 0 aromatic heterocycles. The van der Waals surface area contributed by atoms with Crippen molar-refractivity contribution in [3.8, 4) is 0 Å². The molecule has 3 rings (SSSR count).